The van der Waals surface area contributed by atoms with Crippen molar-refractivity contribution in [2.24, 2.45) is 0 Å². The third kappa shape index (κ3) is 2.45. The maximum absolute atomic E-state index is 11.3. The first-order valence-electron chi connectivity index (χ1n) is 4.25. The van der Waals surface area contributed by atoms with E-state index in [1.807, 2.05) is 18.2 Å². The first-order chi connectivity index (χ1) is 6.69. The van der Waals surface area contributed by atoms with Crippen LogP contribution >= 0.6 is 15.9 Å². The second-order valence-corrected chi connectivity index (χ2v) is 3.46. The van der Waals surface area contributed by atoms with Gasteiger partial charge < -0.3 is 5.32 Å². The Labute approximate surface area is 92.1 Å². The van der Waals surface area contributed by atoms with E-state index in [0.717, 1.165) is 11.1 Å². The van der Waals surface area contributed by atoms with Crippen molar-refractivity contribution in [3.8, 4) is 0 Å². The standard InChI is InChI=1S/C11H12BrNO/c1-8(7-12)9-4-3-5-10(6-9)11(14)13-2/h3-6H,1,7H2,2H3,(H,13,14). The third-order valence-corrected chi connectivity index (χ3v) is 2.60. The van der Waals surface area contributed by atoms with Crippen molar-refractivity contribution in [3.05, 3.63) is 42.0 Å². The van der Waals surface area contributed by atoms with Crippen molar-refractivity contribution in [2.45, 2.75) is 0 Å². The molecule has 0 heterocycles. The number of carbonyl (C=O) groups excluding carboxylic acids is 1. The number of allylic oxidation sites excluding steroid dienone is 1. The van der Waals surface area contributed by atoms with Gasteiger partial charge in [-0.05, 0) is 23.3 Å². The molecule has 0 unspecified atom stereocenters. The summed E-state index contributed by atoms with van der Waals surface area (Å²) in [6, 6.07) is 7.41. The molecule has 74 valence electrons. The van der Waals surface area contributed by atoms with E-state index in [4.69, 9.17) is 0 Å². The summed E-state index contributed by atoms with van der Waals surface area (Å²) >= 11 is 3.33. The van der Waals surface area contributed by atoms with Gasteiger partial charge in [-0.1, -0.05) is 34.6 Å². The molecule has 1 amide bonds. The minimum Gasteiger partial charge on any atom is -0.355 e. The SMILES string of the molecule is C=C(CBr)c1cccc(C(=O)NC)c1. The van der Waals surface area contributed by atoms with E-state index < -0.39 is 0 Å². The number of rotatable bonds is 3. The van der Waals surface area contributed by atoms with E-state index in [1.165, 1.54) is 0 Å². The van der Waals surface area contributed by atoms with Gasteiger partial charge in [0.05, 0.1) is 0 Å². The highest BCUT2D eigenvalue weighted by Gasteiger charge is 2.04. The first kappa shape index (κ1) is 11.0. The van der Waals surface area contributed by atoms with Crippen LogP contribution in [0.2, 0.25) is 0 Å². The molecule has 14 heavy (non-hydrogen) atoms. The largest absolute Gasteiger partial charge is 0.355 e. The number of halogens is 1. The molecule has 0 aliphatic carbocycles. The zero-order valence-corrected chi connectivity index (χ0v) is 9.60. The van der Waals surface area contributed by atoms with Crippen molar-refractivity contribution in [3.63, 3.8) is 0 Å². The molecule has 0 aliphatic rings. The smallest absolute Gasteiger partial charge is 0.251 e. The van der Waals surface area contributed by atoms with Crippen LogP contribution in [0, 0.1) is 0 Å². The van der Waals surface area contributed by atoms with Gasteiger partial charge in [-0.2, -0.15) is 0 Å². The lowest BCUT2D eigenvalue weighted by atomic mass is 10.1. The highest BCUT2D eigenvalue weighted by molar-refractivity contribution is 9.09. The van der Waals surface area contributed by atoms with Crippen LogP contribution in [0.25, 0.3) is 5.57 Å². The Morgan fingerprint density at radius 1 is 1.50 bits per heavy atom. The zero-order valence-electron chi connectivity index (χ0n) is 8.01. The van der Waals surface area contributed by atoms with E-state index in [0.29, 0.717) is 10.9 Å². The topological polar surface area (TPSA) is 29.1 Å². The van der Waals surface area contributed by atoms with Gasteiger partial charge in [-0.15, -0.1) is 0 Å². The summed E-state index contributed by atoms with van der Waals surface area (Å²) in [6.07, 6.45) is 0. The molecule has 0 bridgehead atoms. The van der Waals surface area contributed by atoms with Crippen molar-refractivity contribution in [1.82, 2.24) is 5.32 Å². The quantitative estimate of drug-likeness (QED) is 0.825. The van der Waals surface area contributed by atoms with Crippen molar-refractivity contribution in [1.29, 1.82) is 0 Å². The Bertz CT molecular complexity index is 329. The van der Waals surface area contributed by atoms with Gasteiger partial charge in [0, 0.05) is 17.9 Å². The Morgan fingerprint density at radius 3 is 2.71 bits per heavy atom. The van der Waals surface area contributed by atoms with Gasteiger partial charge in [-0.25, -0.2) is 0 Å². The molecule has 1 rings (SSSR count). The van der Waals surface area contributed by atoms with E-state index in [-0.39, 0.29) is 5.91 Å². The van der Waals surface area contributed by atoms with Gasteiger partial charge in [0.1, 0.15) is 0 Å². The molecular formula is C11H12BrNO. The molecular weight excluding hydrogens is 242 g/mol. The predicted octanol–water partition coefficient (Wildman–Crippen LogP) is 2.45. The number of amides is 1. The number of hydrogen-bond acceptors (Lipinski definition) is 1. The number of carbonyl (C=O) groups is 1. The average molecular weight is 254 g/mol. The van der Waals surface area contributed by atoms with Crippen LogP contribution < -0.4 is 5.32 Å². The Hall–Kier alpha value is -1.09. The van der Waals surface area contributed by atoms with Crippen LogP contribution in [0.3, 0.4) is 0 Å². The molecule has 1 aromatic rings. The summed E-state index contributed by atoms with van der Waals surface area (Å²) in [4.78, 5) is 11.3. The molecule has 3 heteroatoms. The molecule has 1 aromatic carbocycles. The molecule has 0 spiro atoms. The second-order valence-electron chi connectivity index (χ2n) is 2.90. The monoisotopic (exact) mass is 253 g/mol. The average Bonchev–Trinajstić information content (AvgIpc) is 2.27. The fraction of sp³-hybridized carbons (Fsp3) is 0.182. The van der Waals surface area contributed by atoms with Crippen LogP contribution in [-0.2, 0) is 0 Å². The van der Waals surface area contributed by atoms with Crippen LogP contribution in [0.1, 0.15) is 15.9 Å². The molecule has 0 atom stereocenters. The molecule has 2 nitrogen and oxygen atoms in total. The fourth-order valence-corrected chi connectivity index (χ4v) is 1.43. The fourth-order valence-electron chi connectivity index (χ4n) is 1.10. The Balaban J connectivity index is 3.01. The van der Waals surface area contributed by atoms with Crippen LogP contribution in [0.5, 0.6) is 0 Å². The van der Waals surface area contributed by atoms with E-state index in [2.05, 4.69) is 27.8 Å². The predicted molar refractivity (Wildman–Crippen MR) is 62.7 cm³/mol. The Kier molecular flexibility index (Phi) is 3.89. The summed E-state index contributed by atoms with van der Waals surface area (Å²) < 4.78 is 0. The van der Waals surface area contributed by atoms with E-state index in [1.54, 1.807) is 13.1 Å². The number of nitrogens with one attached hydrogen (secondary N) is 1. The number of hydrogen-bond donors (Lipinski definition) is 1. The molecule has 0 saturated heterocycles. The second kappa shape index (κ2) is 4.96. The number of benzene rings is 1. The van der Waals surface area contributed by atoms with Crippen molar-refractivity contribution in [2.75, 3.05) is 12.4 Å². The molecule has 0 radical (unpaired) electrons. The molecule has 0 aromatic heterocycles. The summed E-state index contributed by atoms with van der Waals surface area (Å²) in [5, 5.41) is 3.30. The summed E-state index contributed by atoms with van der Waals surface area (Å²) in [6.45, 7) is 3.89. The summed E-state index contributed by atoms with van der Waals surface area (Å²) in [5.74, 6) is -0.0748. The Morgan fingerprint density at radius 2 is 2.14 bits per heavy atom. The molecule has 0 aliphatic heterocycles. The van der Waals surface area contributed by atoms with Gasteiger partial charge in [-0.3, -0.25) is 4.79 Å². The normalized spacial score (nSPS) is 9.57. The number of alkyl halides is 1. The highest BCUT2D eigenvalue weighted by Crippen LogP contribution is 2.15. The minimum atomic E-state index is -0.0748. The maximum Gasteiger partial charge on any atom is 0.251 e. The lowest BCUT2D eigenvalue weighted by molar-refractivity contribution is 0.0963. The molecule has 1 N–H and O–H groups in total. The lowest BCUT2D eigenvalue weighted by Crippen LogP contribution is -2.17. The van der Waals surface area contributed by atoms with Gasteiger partial charge in [0.15, 0.2) is 0 Å². The van der Waals surface area contributed by atoms with Gasteiger partial charge in [0.2, 0.25) is 0 Å². The van der Waals surface area contributed by atoms with Crippen LogP contribution in [-0.4, -0.2) is 18.3 Å². The summed E-state index contributed by atoms with van der Waals surface area (Å²) in [5.41, 5.74) is 2.62. The van der Waals surface area contributed by atoms with Crippen LogP contribution in [0.15, 0.2) is 30.8 Å². The first-order valence-corrected chi connectivity index (χ1v) is 5.37. The lowest BCUT2D eigenvalue weighted by Gasteiger charge is -2.04. The summed E-state index contributed by atoms with van der Waals surface area (Å²) in [7, 11) is 1.62. The van der Waals surface area contributed by atoms with Crippen LogP contribution in [0.4, 0.5) is 0 Å². The zero-order chi connectivity index (χ0) is 10.6. The van der Waals surface area contributed by atoms with Crippen molar-refractivity contribution < 1.29 is 4.79 Å². The van der Waals surface area contributed by atoms with E-state index >= 15 is 0 Å². The van der Waals surface area contributed by atoms with Gasteiger partial charge >= 0.3 is 0 Å². The highest BCUT2D eigenvalue weighted by atomic mass is 79.9. The molecule has 0 saturated carbocycles. The maximum atomic E-state index is 11.3. The third-order valence-electron chi connectivity index (χ3n) is 1.92. The van der Waals surface area contributed by atoms with Gasteiger partial charge in [0.25, 0.3) is 5.91 Å². The van der Waals surface area contributed by atoms with E-state index in [9.17, 15) is 4.79 Å². The minimum absolute atomic E-state index is 0.0748. The molecule has 0 fully saturated rings. The van der Waals surface area contributed by atoms with Crippen molar-refractivity contribution >= 4 is 27.4 Å².